The Morgan fingerprint density at radius 2 is 1.09 bits per heavy atom. The van der Waals surface area contributed by atoms with Crippen LogP contribution in [0, 0.1) is 0 Å². The molecule has 7 aromatic carbocycles. The molecule has 3 aliphatic rings. The second-order valence-electron chi connectivity index (χ2n) is 14.3. The Balaban J connectivity index is 1.07. The lowest BCUT2D eigenvalue weighted by Gasteiger charge is -2.41. The van der Waals surface area contributed by atoms with E-state index in [0.717, 1.165) is 40.4 Å². The van der Waals surface area contributed by atoms with Gasteiger partial charge < -0.3 is 4.74 Å². The zero-order valence-corrected chi connectivity index (χ0v) is 29.4. The van der Waals surface area contributed by atoms with Crippen LogP contribution < -0.4 is 4.74 Å². The maximum Gasteiger partial charge on any atom is 0.163 e. The minimum Gasteiger partial charge on any atom is -0.457 e. The van der Waals surface area contributed by atoms with Crippen LogP contribution in [0.4, 0.5) is 0 Å². The minimum absolute atomic E-state index is 0.0810. The third-order valence-electron chi connectivity index (χ3n) is 11.4. The van der Waals surface area contributed by atoms with E-state index in [1.165, 1.54) is 49.7 Å². The molecular weight excluding hydrogens is 659 g/mol. The average molecular weight is 692 g/mol. The number of benzene rings is 7. The first-order chi connectivity index (χ1) is 26.8. The predicted octanol–water partition coefficient (Wildman–Crippen LogP) is 12.0. The second kappa shape index (κ2) is 12.1. The van der Waals surface area contributed by atoms with Gasteiger partial charge in [-0.3, -0.25) is 0 Å². The van der Waals surface area contributed by atoms with Gasteiger partial charge in [-0.05, 0) is 68.8 Å². The van der Waals surface area contributed by atoms with E-state index in [9.17, 15) is 0 Å². The molecule has 4 heteroatoms. The van der Waals surface area contributed by atoms with E-state index < -0.39 is 5.41 Å². The van der Waals surface area contributed by atoms with Crippen molar-refractivity contribution in [2.24, 2.45) is 0 Å². The number of hydrogen-bond donors (Lipinski definition) is 0. The van der Waals surface area contributed by atoms with Gasteiger partial charge in [0.15, 0.2) is 11.6 Å². The number of nitrogens with zero attached hydrogens (tertiary/aromatic N) is 3. The monoisotopic (exact) mass is 691 g/mol. The first-order valence-corrected chi connectivity index (χ1v) is 18.5. The summed E-state index contributed by atoms with van der Waals surface area (Å²) in [6.45, 7) is 0. The van der Waals surface area contributed by atoms with E-state index in [2.05, 4.69) is 164 Å². The molecule has 2 aliphatic carbocycles. The molecule has 0 bridgehead atoms. The summed E-state index contributed by atoms with van der Waals surface area (Å²) in [5.74, 6) is 3.81. The molecule has 0 amide bonds. The Morgan fingerprint density at radius 1 is 0.500 bits per heavy atom. The highest BCUT2D eigenvalue weighted by molar-refractivity contribution is 5.97. The van der Waals surface area contributed by atoms with Gasteiger partial charge in [-0.2, -0.15) is 0 Å². The molecule has 0 fully saturated rings. The summed E-state index contributed by atoms with van der Waals surface area (Å²) in [6.07, 6.45) is 5.35. The van der Waals surface area contributed by atoms with Crippen molar-refractivity contribution in [2.45, 2.75) is 17.8 Å². The van der Waals surface area contributed by atoms with Crippen LogP contribution in [-0.4, -0.2) is 15.0 Å². The Bertz CT molecular complexity index is 2800. The largest absolute Gasteiger partial charge is 0.457 e. The van der Waals surface area contributed by atoms with Gasteiger partial charge in [-0.1, -0.05) is 164 Å². The van der Waals surface area contributed by atoms with Crippen LogP contribution >= 0.6 is 0 Å². The summed E-state index contributed by atoms with van der Waals surface area (Å²) in [6, 6.07) is 59.8. The van der Waals surface area contributed by atoms with Crippen LogP contribution in [0.25, 0.3) is 50.2 Å². The van der Waals surface area contributed by atoms with Crippen molar-refractivity contribution >= 4 is 16.3 Å². The van der Waals surface area contributed by atoms with Gasteiger partial charge in [-0.15, -0.1) is 0 Å². The van der Waals surface area contributed by atoms with Crippen LogP contribution in [0.3, 0.4) is 0 Å². The van der Waals surface area contributed by atoms with Gasteiger partial charge >= 0.3 is 0 Å². The molecule has 11 rings (SSSR count). The highest BCUT2D eigenvalue weighted by atomic mass is 16.5. The van der Waals surface area contributed by atoms with Crippen molar-refractivity contribution in [1.82, 2.24) is 15.0 Å². The van der Waals surface area contributed by atoms with Gasteiger partial charge in [0.2, 0.25) is 0 Å². The molecule has 0 N–H and O–H groups in total. The summed E-state index contributed by atoms with van der Waals surface area (Å²) in [4.78, 5) is 15.7. The Morgan fingerprint density at radius 3 is 1.91 bits per heavy atom. The number of ether oxygens (including phenoxy) is 1. The number of rotatable bonds is 4. The summed E-state index contributed by atoms with van der Waals surface area (Å²) >= 11 is 0. The molecule has 54 heavy (non-hydrogen) atoms. The van der Waals surface area contributed by atoms with Crippen LogP contribution in [0.1, 0.15) is 40.4 Å². The summed E-state index contributed by atoms with van der Waals surface area (Å²) in [7, 11) is 0. The van der Waals surface area contributed by atoms with Gasteiger partial charge in [-0.25, -0.2) is 15.0 Å². The highest BCUT2D eigenvalue weighted by Gasteiger charge is 2.52. The summed E-state index contributed by atoms with van der Waals surface area (Å²) < 4.78 is 6.59. The van der Waals surface area contributed by atoms with Gasteiger partial charge in [0.1, 0.15) is 17.3 Å². The molecule has 0 saturated carbocycles. The lowest BCUT2D eigenvalue weighted by atomic mass is 9.63. The third kappa shape index (κ3) is 4.60. The maximum absolute atomic E-state index is 6.59. The van der Waals surface area contributed by atoms with Crippen molar-refractivity contribution in [3.63, 3.8) is 0 Å². The number of fused-ring (bicyclic) bond motifs is 9. The molecule has 8 aromatic rings. The van der Waals surface area contributed by atoms with E-state index in [1.807, 2.05) is 18.2 Å². The molecule has 2 heterocycles. The number of allylic oxidation sites excluding steroid dienone is 4. The fourth-order valence-electron chi connectivity index (χ4n) is 9.02. The average Bonchev–Trinajstić information content (AvgIpc) is 3.53. The maximum atomic E-state index is 6.59. The van der Waals surface area contributed by atoms with Crippen molar-refractivity contribution in [3.8, 4) is 45.4 Å². The quantitative estimate of drug-likeness (QED) is 0.184. The standard InChI is InChI=1S/C50H33N3O/c1-2-15-33(16-3-1)47-51-48(35-19-12-18-34(30-35)38-22-13-17-32-14-4-5-20-37(32)38)53-49(52-47)36-28-29-40-39-21-6-7-23-41(39)50(44(40)31-36)42-24-8-10-26-45(42)54-46-27-11-9-25-43(46)50/h1-30,36H,31H2. The Labute approximate surface area is 313 Å². The lowest BCUT2D eigenvalue weighted by molar-refractivity contribution is 0.430. The van der Waals surface area contributed by atoms with Crippen molar-refractivity contribution in [2.75, 3.05) is 0 Å². The van der Waals surface area contributed by atoms with E-state index >= 15 is 0 Å². The highest BCUT2D eigenvalue weighted by Crippen LogP contribution is 2.63. The van der Waals surface area contributed by atoms with Crippen LogP contribution in [-0.2, 0) is 5.41 Å². The topological polar surface area (TPSA) is 47.9 Å². The fraction of sp³-hybridized carbons (Fsp3) is 0.0600. The molecule has 1 aromatic heterocycles. The Kier molecular flexibility index (Phi) is 6.86. The molecule has 0 radical (unpaired) electrons. The second-order valence-corrected chi connectivity index (χ2v) is 14.3. The molecule has 1 spiro atoms. The van der Waals surface area contributed by atoms with E-state index in [4.69, 9.17) is 19.7 Å². The van der Waals surface area contributed by atoms with E-state index in [0.29, 0.717) is 11.6 Å². The lowest BCUT2D eigenvalue weighted by Crippen LogP contribution is -2.34. The molecule has 0 saturated heterocycles. The van der Waals surface area contributed by atoms with E-state index in [1.54, 1.807) is 0 Å². The third-order valence-corrected chi connectivity index (χ3v) is 11.4. The Hall–Kier alpha value is -6.91. The smallest absolute Gasteiger partial charge is 0.163 e. The molecule has 4 nitrogen and oxygen atoms in total. The van der Waals surface area contributed by atoms with Crippen LogP contribution in [0.15, 0.2) is 188 Å². The SMILES string of the molecule is C1=CC(c2nc(-c3ccccc3)nc(-c3cccc(-c4cccc5ccccc45)c3)n2)CC2=C1c1ccccc1C21c2ccccc2Oc2ccccc21. The van der Waals surface area contributed by atoms with Crippen molar-refractivity contribution in [3.05, 3.63) is 216 Å². The summed E-state index contributed by atoms with van der Waals surface area (Å²) in [5, 5.41) is 2.44. The van der Waals surface area contributed by atoms with Gasteiger partial charge in [0, 0.05) is 28.2 Å². The summed E-state index contributed by atoms with van der Waals surface area (Å²) in [5.41, 5.74) is 11.2. The normalized spacial score (nSPS) is 16.0. The molecule has 1 atom stereocenters. The molecule has 1 unspecified atom stereocenters. The van der Waals surface area contributed by atoms with Crippen molar-refractivity contribution in [1.29, 1.82) is 0 Å². The molecular formula is C50H33N3O. The fourth-order valence-corrected chi connectivity index (χ4v) is 9.02. The first-order valence-electron chi connectivity index (χ1n) is 18.5. The number of hydrogen-bond acceptors (Lipinski definition) is 4. The molecule has 1 aliphatic heterocycles. The number of aromatic nitrogens is 3. The zero-order valence-electron chi connectivity index (χ0n) is 29.4. The first kappa shape index (κ1) is 30.7. The van der Waals surface area contributed by atoms with Gasteiger partial charge in [0.05, 0.1) is 5.41 Å². The zero-order chi connectivity index (χ0) is 35.6. The molecule has 254 valence electrons. The van der Waals surface area contributed by atoms with Crippen LogP contribution in [0.5, 0.6) is 11.5 Å². The van der Waals surface area contributed by atoms with Crippen LogP contribution in [0.2, 0.25) is 0 Å². The minimum atomic E-state index is -0.509. The van der Waals surface area contributed by atoms with E-state index in [-0.39, 0.29) is 5.92 Å². The van der Waals surface area contributed by atoms with Crippen molar-refractivity contribution < 1.29 is 4.74 Å². The number of para-hydroxylation sites is 2. The predicted molar refractivity (Wildman–Crippen MR) is 216 cm³/mol. The van der Waals surface area contributed by atoms with Gasteiger partial charge in [0.25, 0.3) is 0 Å².